The molecule has 0 aromatic heterocycles. The van der Waals surface area contributed by atoms with Crippen LogP contribution in [0.1, 0.15) is 18.9 Å². The van der Waals surface area contributed by atoms with Crippen molar-refractivity contribution < 1.29 is 0 Å². The fourth-order valence-corrected chi connectivity index (χ4v) is 2.05. The maximum absolute atomic E-state index is 9.12. The van der Waals surface area contributed by atoms with Crippen LogP contribution in [0.2, 0.25) is 0 Å². The summed E-state index contributed by atoms with van der Waals surface area (Å²) in [4.78, 5) is 2.36. The lowest BCUT2D eigenvalue weighted by molar-refractivity contribution is 0.412. The Morgan fingerprint density at radius 3 is 2.75 bits per heavy atom. The normalized spacial score (nSPS) is 15.2. The lowest BCUT2D eigenvalue weighted by Crippen LogP contribution is -2.57. The lowest BCUT2D eigenvalue weighted by atomic mass is 10.1. The number of para-hydroxylation sites is 1. The molecule has 16 heavy (non-hydrogen) atoms. The van der Waals surface area contributed by atoms with E-state index in [4.69, 9.17) is 5.26 Å². The van der Waals surface area contributed by atoms with E-state index >= 15 is 0 Å². The van der Waals surface area contributed by atoms with Crippen molar-refractivity contribution in [2.75, 3.05) is 24.5 Å². The predicted octanol–water partition coefficient (Wildman–Crippen LogP) is 1.75. The van der Waals surface area contributed by atoms with Gasteiger partial charge in [0.1, 0.15) is 6.07 Å². The first kappa shape index (κ1) is 11.0. The van der Waals surface area contributed by atoms with Crippen molar-refractivity contribution in [2.45, 2.75) is 19.4 Å². The number of hydrogen-bond acceptors (Lipinski definition) is 3. The van der Waals surface area contributed by atoms with Crippen molar-refractivity contribution in [3.05, 3.63) is 29.8 Å². The standard InChI is InChI=1S/C13H17N3/c1-2-7-16(12-9-15-10-12)13-6-4-3-5-11(13)8-14/h3-6,12,15H,2,7,9-10H2,1H3. The maximum atomic E-state index is 9.12. The fraction of sp³-hybridized carbons (Fsp3) is 0.462. The molecule has 0 amide bonds. The van der Waals surface area contributed by atoms with Crippen LogP contribution in [0.3, 0.4) is 0 Å². The summed E-state index contributed by atoms with van der Waals surface area (Å²) in [6.45, 7) is 5.25. The summed E-state index contributed by atoms with van der Waals surface area (Å²) >= 11 is 0. The smallest absolute Gasteiger partial charge is 0.101 e. The Morgan fingerprint density at radius 2 is 2.19 bits per heavy atom. The van der Waals surface area contributed by atoms with Gasteiger partial charge in [0.2, 0.25) is 0 Å². The SMILES string of the molecule is CCCN(c1ccccc1C#N)C1CNC1. The third-order valence-electron chi connectivity index (χ3n) is 3.00. The molecule has 1 aliphatic heterocycles. The van der Waals surface area contributed by atoms with E-state index in [1.165, 1.54) is 0 Å². The average molecular weight is 215 g/mol. The molecule has 0 radical (unpaired) electrons. The molecule has 1 fully saturated rings. The van der Waals surface area contributed by atoms with Gasteiger partial charge in [-0.05, 0) is 18.6 Å². The highest BCUT2D eigenvalue weighted by atomic mass is 15.2. The first-order valence-corrected chi connectivity index (χ1v) is 5.83. The predicted molar refractivity (Wildman–Crippen MR) is 65.5 cm³/mol. The van der Waals surface area contributed by atoms with Crippen LogP contribution in [0.15, 0.2) is 24.3 Å². The average Bonchev–Trinajstić information content (AvgIpc) is 2.26. The molecule has 3 heteroatoms. The van der Waals surface area contributed by atoms with Gasteiger partial charge < -0.3 is 10.2 Å². The highest BCUT2D eigenvalue weighted by Gasteiger charge is 2.25. The van der Waals surface area contributed by atoms with Crippen molar-refractivity contribution >= 4 is 5.69 Å². The number of nitriles is 1. The fourth-order valence-electron chi connectivity index (χ4n) is 2.05. The van der Waals surface area contributed by atoms with Gasteiger partial charge in [-0.3, -0.25) is 0 Å². The van der Waals surface area contributed by atoms with Crippen LogP contribution in [-0.2, 0) is 0 Å². The second kappa shape index (κ2) is 5.00. The monoisotopic (exact) mass is 215 g/mol. The Morgan fingerprint density at radius 1 is 1.44 bits per heavy atom. The van der Waals surface area contributed by atoms with Gasteiger partial charge in [0.05, 0.1) is 17.3 Å². The van der Waals surface area contributed by atoms with Gasteiger partial charge in [0.15, 0.2) is 0 Å². The molecule has 0 saturated carbocycles. The van der Waals surface area contributed by atoms with Crippen molar-refractivity contribution in [2.24, 2.45) is 0 Å². The molecule has 2 rings (SSSR count). The Labute approximate surface area is 96.7 Å². The van der Waals surface area contributed by atoms with E-state index in [0.717, 1.165) is 37.3 Å². The van der Waals surface area contributed by atoms with Crippen molar-refractivity contribution in [1.82, 2.24) is 5.32 Å². The van der Waals surface area contributed by atoms with Crippen LogP contribution < -0.4 is 10.2 Å². The van der Waals surface area contributed by atoms with Gasteiger partial charge in [-0.25, -0.2) is 0 Å². The van der Waals surface area contributed by atoms with Gasteiger partial charge in [-0.15, -0.1) is 0 Å². The number of anilines is 1. The van der Waals surface area contributed by atoms with Crippen LogP contribution in [0.4, 0.5) is 5.69 Å². The number of hydrogen-bond donors (Lipinski definition) is 1. The van der Waals surface area contributed by atoms with E-state index in [1.54, 1.807) is 0 Å². The Bertz CT molecular complexity index is 390. The zero-order valence-corrected chi connectivity index (χ0v) is 9.61. The molecule has 3 nitrogen and oxygen atoms in total. The largest absolute Gasteiger partial charge is 0.365 e. The summed E-state index contributed by atoms with van der Waals surface area (Å²) in [6.07, 6.45) is 1.11. The molecule has 1 aromatic rings. The Kier molecular flexibility index (Phi) is 3.43. The van der Waals surface area contributed by atoms with E-state index in [1.807, 2.05) is 24.3 Å². The van der Waals surface area contributed by atoms with Gasteiger partial charge in [0.25, 0.3) is 0 Å². The van der Waals surface area contributed by atoms with E-state index in [9.17, 15) is 0 Å². The first-order valence-electron chi connectivity index (χ1n) is 5.83. The van der Waals surface area contributed by atoms with E-state index in [0.29, 0.717) is 6.04 Å². The van der Waals surface area contributed by atoms with Gasteiger partial charge in [-0.1, -0.05) is 19.1 Å². The number of benzene rings is 1. The molecule has 1 aromatic carbocycles. The van der Waals surface area contributed by atoms with Crippen LogP contribution in [0, 0.1) is 11.3 Å². The lowest BCUT2D eigenvalue weighted by Gasteiger charge is -2.40. The number of nitrogens with one attached hydrogen (secondary N) is 1. The highest BCUT2D eigenvalue weighted by molar-refractivity contribution is 5.60. The van der Waals surface area contributed by atoms with Crippen molar-refractivity contribution in [1.29, 1.82) is 5.26 Å². The molecule has 0 aliphatic carbocycles. The molecular formula is C13H17N3. The van der Waals surface area contributed by atoms with Crippen molar-refractivity contribution in [3.63, 3.8) is 0 Å². The van der Waals surface area contributed by atoms with E-state index in [2.05, 4.69) is 23.2 Å². The van der Waals surface area contributed by atoms with Gasteiger partial charge >= 0.3 is 0 Å². The minimum atomic E-state index is 0.550. The summed E-state index contributed by atoms with van der Waals surface area (Å²) in [5, 5.41) is 12.4. The minimum Gasteiger partial charge on any atom is -0.365 e. The van der Waals surface area contributed by atoms with Gasteiger partial charge in [-0.2, -0.15) is 5.26 Å². The molecule has 1 N–H and O–H groups in total. The Hall–Kier alpha value is -1.53. The van der Waals surface area contributed by atoms with Crippen LogP contribution in [0.25, 0.3) is 0 Å². The highest BCUT2D eigenvalue weighted by Crippen LogP contribution is 2.23. The third-order valence-corrected chi connectivity index (χ3v) is 3.00. The minimum absolute atomic E-state index is 0.550. The first-order chi connectivity index (χ1) is 7.86. The summed E-state index contributed by atoms with van der Waals surface area (Å²) in [7, 11) is 0. The maximum Gasteiger partial charge on any atom is 0.101 e. The zero-order chi connectivity index (χ0) is 11.4. The third kappa shape index (κ3) is 2.02. The molecule has 1 heterocycles. The van der Waals surface area contributed by atoms with Crippen LogP contribution in [0.5, 0.6) is 0 Å². The second-order valence-corrected chi connectivity index (χ2v) is 4.13. The summed E-state index contributed by atoms with van der Waals surface area (Å²) in [5.74, 6) is 0. The zero-order valence-electron chi connectivity index (χ0n) is 9.61. The molecule has 1 saturated heterocycles. The molecule has 0 bridgehead atoms. The number of rotatable bonds is 4. The van der Waals surface area contributed by atoms with Gasteiger partial charge in [0, 0.05) is 19.6 Å². The quantitative estimate of drug-likeness (QED) is 0.831. The second-order valence-electron chi connectivity index (χ2n) is 4.13. The molecule has 0 atom stereocenters. The van der Waals surface area contributed by atoms with Crippen molar-refractivity contribution in [3.8, 4) is 6.07 Å². The topological polar surface area (TPSA) is 39.1 Å². The molecule has 0 spiro atoms. The van der Waals surface area contributed by atoms with Crippen LogP contribution >= 0.6 is 0 Å². The van der Waals surface area contributed by atoms with E-state index in [-0.39, 0.29) is 0 Å². The summed E-state index contributed by atoms with van der Waals surface area (Å²) in [6, 6.07) is 10.7. The molecule has 0 unspecified atom stereocenters. The van der Waals surface area contributed by atoms with Crippen LogP contribution in [-0.4, -0.2) is 25.7 Å². The summed E-state index contributed by atoms with van der Waals surface area (Å²) in [5.41, 5.74) is 1.86. The van der Waals surface area contributed by atoms with E-state index < -0.39 is 0 Å². The number of nitrogens with zero attached hydrogens (tertiary/aromatic N) is 2. The molecule has 84 valence electrons. The Balaban J connectivity index is 2.27. The molecular weight excluding hydrogens is 198 g/mol. The molecule has 1 aliphatic rings. The summed E-state index contributed by atoms with van der Waals surface area (Å²) < 4.78 is 0.